The molecule has 210 valence electrons. The van der Waals surface area contributed by atoms with Gasteiger partial charge < -0.3 is 9.47 Å². The summed E-state index contributed by atoms with van der Waals surface area (Å²) >= 11 is 0. The number of carbonyl (C=O) groups is 2. The van der Waals surface area contributed by atoms with Gasteiger partial charge >= 0.3 is 12.7 Å². The van der Waals surface area contributed by atoms with E-state index in [9.17, 15) is 26.8 Å². The first kappa shape index (κ1) is 28.6. The standard InChI is InChI=1S/C27H26F2N4O6S/c1-27(2,3)39-26(35)32-21-14-9-17(15-30-21)16-33-24(34)22(23(40(33,36)37)18-7-5-4-6-8-18)31-19-10-12-20(13-11-19)38-25(28)29/h4-15,23,25H,16H2,1-3H3,(H,30,32,35). The maximum atomic E-state index is 13.7. The Bertz CT molecular complexity index is 1510. The zero-order valence-corrected chi connectivity index (χ0v) is 22.6. The van der Waals surface area contributed by atoms with Crippen LogP contribution in [0.25, 0.3) is 0 Å². The molecule has 1 fully saturated rings. The van der Waals surface area contributed by atoms with E-state index >= 15 is 0 Å². The predicted octanol–water partition coefficient (Wildman–Crippen LogP) is 5.22. The fourth-order valence-electron chi connectivity index (χ4n) is 3.86. The summed E-state index contributed by atoms with van der Waals surface area (Å²) in [7, 11) is -4.26. The van der Waals surface area contributed by atoms with E-state index in [1.54, 1.807) is 51.1 Å². The van der Waals surface area contributed by atoms with E-state index in [0.29, 0.717) is 11.1 Å². The Morgan fingerprint density at radius 1 is 1.07 bits per heavy atom. The number of nitrogens with zero attached hydrogens (tertiary/aromatic N) is 3. The van der Waals surface area contributed by atoms with Crippen LogP contribution >= 0.6 is 0 Å². The molecule has 4 rings (SSSR count). The van der Waals surface area contributed by atoms with E-state index < -0.39 is 39.5 Å². The van der Waals surface area contributed by atoms with Crippen molar-refractivity contribution >= 4 is 39.2 Å². The van der Waals surface area contributed by atoms with Crippen molar-refractivity contribution in [3.05, 3.63) is 84.1 Å². The summed E-state index contributed by atoms with van der Waals surface area (Å²) in [5.41, 5.74) is -0.0462. The van der Waals surface area contributed by atoms with E-state index in [1.807, 2.05) is 0 Å². The molecule has 2 amide bonds. The Balaban J connectivity index is 1.62. The molecule has 0 radical (unpaired) electrons. The number of amides is 2. The van der Waals surface area contributed by atoms with Crippen molar-refractivity contribution in [3.8, 4) is 5.75 Å². The molecule has 1 atom stereocenters. The van der Waals surface area contributed by atoms with Gasteiger partial charge in [0.25, 0.3) is 15.9 Å². The summed E-state index contributed by atoms with van der Waals surface area (Å²) in [6.45, 7) is 1.81. The van der Waals surface area contributed by atoms with Gasteiger partial charge in [0.1, 0.15) is 22.9 Å². The maximum absolute atomic E-state index is 13.7. The number of benzene rings is 2. The fraction of sp³-hybridized carbons (Fsp3) is 0.259. The molecule has 1 aliphatic rings. The molecule has 2 heterocycles. The van der Waals surface area contributed by atoms with Crippen molar-refractivity contribution in [2.45, 2.75) is 44.8 Å². The molecule has 2 aromatic carbocycles. The molecule has 1 aliphatic heterocycles. The molecule has 1 aromatic heterocycles. The van der Waals surface area contributed by atoms with Crippen LogP contribution in [0.3, 0.4) is 0 Å². The number of aromatic nitrogens is 1. The molecular weight excluding hydrogens is 546 g/mol. The molecule has 1 N–H and O–H groups in total. The molecule has 0 bridgehead atoms. The summed E-state index contributed by atoms with van der Waals surface area (Å²) in [5.74, 6) is -0.766. The number of pyridine rings is 1. The van der Waals surface area contributed by atoms with Crippen LogP contribution in [0.5, 0.6) is 5.75 Å². The van der Waals surface area contributed by atoms with E-state index in [1.165, 1.54) is 42.6 Å². The Kier molecular flexibility index (Phi) is 8.14. The number of ether oxygens (including phenoxy) is 2. The highest BCUT2D eigenvalue weighted by Crippen LogP contribution is 2.37. The molecule has 1 unspecified atom stereocenters. The van der Waals surface area contributed by atoms with E-state index in [-0.39, 0.29) is 29.5 Å². The lowest BCUT2D eigenvalue weighted by molar-refractivity contribution is -0.119. The largest absolute Gasteiger partial charge is 0.444 e. The van der Waals surface area contributed by atoms with Gasteiger partial charge in [-0.3, -0.25) is 10.1 Å². The quantitative estimate of drug-likeness (QED) is 0.411. The SMILES string of the molecule is CC(C)(C)OC(=O)Nc1ccc(CN2C(=O)C(=Nc3ccc(OC(F)F)cc3)C(c3ccccc3)S2(=O)=O)cn1. The van der Waals surface area contributed by atoms with Gasteiger partial charge in [0.2, 0.25) is 0 Å². The van der Waals surface area contributed by atoms with Crippen LogP contribution in [0.1, 0.15) is 37.1 Å². The zero-order chi connectivity index (χ0) is 29.1. The summed E-state index contributed by atoms with van der Waals surface area (Å²) < 4.78 is 62.5. The molecule has 0 saturated carbocycles. The molecular formula is C27H26F2N4O6S. The number of hydrogen-bond acceptors (Lipinski definition) is 8. The molecule has 10 nitrogen and oxygen atoms in total. The minimum atomic E-state index is -4.26. The van der Waals surface area contributed by atoms with Gasteiger partial charge in [-0.15, -0.1) is 0 Å². The number of halogens is 2. The Morgan fingerprint density at radius 2 is 1.75 bits per heavy atom. The van der Waals surface area contributed by atoms with Crippen molar-refractivity contribution in [2.75, 3.05) is 5.32 Å². The van der Waals surface area contributed by atoms with Gasteiger partial charge in [0.05, 0.1) is 12.2 Å². The summed E-state index contributed by atoms with van der Waals surface area (Å²) in [6.07, 6.45) is 0.634. The monoisotopic (exact) mass is 572 g/mol. The highest BCUT2D eigenvalue weighted by molar-refractivity contribution is 7.91. The number of alkyl halides is 2. The van der Waals surface area contributed by atoms with Gasteiger partial charge in [-0.1, -0.05) is 36.4 Å². The second-order valence-corrected chi connectivity index (χ2v) is 11.6. The van der Waals surface area contributed by atoms with Crippen LogP contribution in [0.15, 0.2) is 77.9 Å². The van der Waals surface area contributed by atoms with Crippen molar-refractivity contribution in [2.24, 2.45) is 4.99 Å². The van der Waals surface area contributed by atoms with E-state index in [2.05, 4.69) is 20.0 Å². The Morgan fingerprint density at radius 3 is 2.33 bits per heavy atom. The smallest absolute Gasteiger partial charge is 0.413 e. The van der Waals surface area contributed by atoms with E-state index in [0.717, 1.165) is 4.31 Å². The predicted molar refractivity (Wildman–Crippen MR) is 143 cm³/mol. The lowest BCUT2D eigenvalue weighted by atomic mass is 10.1. The van der Waals surface area contributed by atoms with Gasteiger partial charge in [0, 0.05) is 6.20 Å². The van der Waals surface area contributed by atoms with Crippen molar-refractivity contribution < 1.29 is 36.3 Å². The Labute approximate surface area is 229 Å². The minimum Gasteiger partial charge on any atom is -0.444 e. The molecule has 1 saturated heterocycles. The third-order valence-electron chi connectivity index (χ3n) is 5.49. The van der Waals surface area contributed by atoms with Crippen molar-refractivity contribution in [1.29, 1.82) is 0 Å². The molecule has 40 heavy (non-hydrogen) atoms. The molecule has 3 aromatic rings. The first-order valence-corrected chi connectivity index (χ1v) is 13.5. The first-order chi connectivity index (χ1) is 18.8. The van der Waals surface area contributed by atoms with Crippen LogP contribution in [-0.4, -0.2) is 47.6 Å². The lowest BCUT2D eigenvalue weighted by Crippen LogP contribution is -2.30. The van der Waals surface area contributed by atoms with Crippen molar-refractivity contribution in [1.82, 2.24) is 9.29 Å². The zero-order valence-electron chi connectivity index (χ0n) is 21.7. The second-order valence-electron chi connectivity index (χ2n) is 9.70. The number of nitrogens with one attached hydrogen (secondary N) is 1. The fourth-order valence-corrected chi connectivity index (χ4v) is 5.70. The number of sulfonamides is 1. The maximum Gasteiger partial charge on any atom is 0.413 e. The number of rotatable bonds is 7. The number of aliphatic imine (C=N–C) groups is 1. The number of hydrogen-bond donors (Lipinski definition) is 1. The summed E-state index contributed by atoms with van der Waals surface area (Å²) in [5, 5.41) is 1.09. The third-order valence-corrected chi connectivity index (χ3v) is 7.49. The summed E-state index contributed by atoms with van der Waals surface area (Å²) in [6, 6.07) is 16.3. The van der Waals surface area contributed by atoms with Crippen molar-refractivity contribution in [3.63, 3.8) is 0 Å². The number of carbonyl (C=O) groups excluding carboxylic acids is 2. The minimum absolute atomic E-state index is 0.109. The second kappa shape index (κ2) is 11.4. The third kappa shape index (κ3) is 6.78. The first-order valence-electron chi connectivity index (χ1n) is 12.0. The normalized spacial score (nSPS) is 17.8. The lowest BCUT2D eigenvalue weighted by Gasteiger charge is -2.19. The van der Waals surface area contributed by atoms with Crippen LogP contribution < -0.4 is 10.1 Å². The van der Waals surface area contributed by atoms with Crippen LogP contribution in [-0.2, 0) is 26.1 Å². The summed E-state index contributed by atoms with van der Waals surface area (Å²) in [4.78, 5) is 33.9. The van der Waals surface area contributed by atoms with Crippen LogP contribution in [0.2, 0.25) is 0 Å². The van der Waals surface area contributed by atoms with Crippen LogP contribution in [0, 0.1) is 0 Å². The highest BCUT2D eigenvalue weighted by atomic mass is 32.2. The molecule has 0 spiro atoms. The van der Waals surface area contributed by atoms with Gasteiger partial charge in [-0.05, 0) is 62.2 Å². The highest BCUT2D eigenvalue weighted by Gasteiger charge is 2.50. The van der Waals surface area contributed by atoms with Gasteiger partial charge in [-0.2, -0.15) is 8.78 Å². The average Bonchev–Trinajstić information content (AvgIpc) is 3.05. The van der Waals surface area contributed by atoms with Crippen LogP contribution in [0.4, 0.5) is 25.1 Å². The number of anilines is 1. The average molecular weight is 573 g/mol. The molecule has 0 aliphatic carbocycles. The van der Waals surface area contributed by atoms with Gasteiger partial charge in [-0.25, -0.2) is 27.5 Å². The topological polar surface area (TPSA) is 127 Å². The Hall–Kier alpha value is -4.39. The van der Waals surface area contributed by atoms with E-state index in [4.69, 9.17) is 4.74 Å². The molecule has 13 heteroatoms. The van der Waals surface area contributed by atoms with Gasteiger partial charge in [0.15, 0.2) is 5.25 Å².